The van der Waals surface area contributed by atoms with Gasteiger partial charge < -0.3 is 14.9 Å². The third kappa shape index (κ3) is 4.16. The summed E-state index contributed by atoms with van der Waals surface area (Å²) in [6, 6.07) is 0. The molecule has 1 aliphatic rings. The summed E-state index contributed by atoms with van der Waals surface area (Å²) in [6.45, 7) is 4.69. The van der Waals surface area contributed by atoms with E-state index in [1.165, 1.54) is 6.92 Å². The fourth-order valence-electron chi connectivity index (χ4n) is 1.68. The molecule has 0 amide bonds. The second kappa shape index (κ2) is 6.36. The van der Waals surface area contributed by atoms with E-state index in [0.717, 1.165) is 13.1 Å². The lowest BCUT2D eigenvalue weighted by molar-refractivity contribution is -0.136. The second-order valence-corrected chi connectivity index (χ2v) is 3.92. The van der Waals surface area contributed by atoms with Crippen LogP contribution in [-0.4, -0.2) is 59.9 Å². The van der Waals surface area contributed by atoms with Gasteiger partial charge in [-0.25, -0.2) is 9.59 Å². The normalized spacial score (nSPS) is 18.6. The summed E-state index contributed by atoms with van der Waals surface area (Å²) in [5.41, 5.74) is -0.116. The molecular weight excluding hydrogens is 226 g/mol. The standard InChI is InChI=1S/C11H17NO5/c1-8(10(13)14)9(11(15)16)2-3-12-4-6-17-7-5-12/h2-7H2,1H3,(H,13,14)(H,15,16). The first-order chi connectivity index (χ1) is 8.02. The van der Waals surface area contributed by atoms with Crippen molar-refractivity contribution in [2.45, 2.75) is 13.3 Å². The number of morpholine rings is 1. The van der Waals surface area contributed by atoms with Gasteiger partial charge in [0.15, 0.2) is 0 Å². The van der Waals surface area contributed by atoms with E-state index in [1.807, 2.05) is 0 Å². The number of carboxylic acid groups (broad SMARTS) is 2. The predicted octanol–water partition coefficient (Wildman–Crippen LogP) is 0.194. The first-order valence-electron chi connectivity index (χ1n) is 5.49. The Labute approximate surface area is 99.5 Å². The Hall–Kier alpha value is -1.40. The average molecular weight is 243 g/mol. The van der Waals surface area contributed by atoms with Crippen LogP contribution >= 0.6 is 0 Å². The Balaban J connectivity index is 2.59. The van der Waals surface area contributed by atoms with Crippen molar-refractivity contribution in [3.63, 3.8) is 0 Å². The maximum absolute atomic E-state index is 11.0. The Bertz CT molecular complexity index is 331. The highest BCUT2D eigenvalue weighted by Gasteiger charge is 2.18. The van der Waals surface area contributed by atoms with Gasteiger partial charge in [-0.15, -0.1) is 0 Å². The molecule has 1 aliphatic heterocycles. The summed E-state index contributed by atoms with van der Waals surface area (Å²) in [5, 5.41) is 17.7. The van der Waals surface area contributed by atoms with Crippen LogP contribution in [0.3, 0.4) is 0 Å². The van der Waals surface area contributed by atoms with Crippen molar-refractivity contribution in [2.24, 2.45) is 0 Å². The monoisotopic (exact) mass is 243 g/mol. The number of carbonyl (C=O) groups is 2. The van der Waals surface area contributed by atoms with Crippen LogP contribution in [-0.2, 0) is 14.3 Å². The number of aliphatic carboxylic acids is 2. The van der Waals surface area contributed by atoms with Gasteiger partial charge in [0, 0.05) is 30.8 Å². The van der Waals surface area contributed by atoms with Gasteiger partial charge in [-0.2, -0.15) is 0 Å². The zero-order valence-electron chi connectivity index (χ0n) is 9.81. The molecule has 1 fully saturated rings. The Morgan fingerprint density at radius 1 is 1.18 bits per heavy atom. The molecule has 0 saturated carbocycles. The zero-order chi connectivity index (χ0) is 12.8. The maximum Gasteiger partial charge on any atom is 0.332 e. The smallest absolute Gasteiger partial charge is 0.332 e. The molecule has 0 radical (unpaired) electrons. The Morgan fingerprint density at radius 3 is 2.24 bits per heavy atom. The lowest BCUT2D eigenvalue weighted by Crippen LogP contribution is -2.37. The van der Waals surface area contributed by atoms with Crippen LogP contribution in [0.25, 0.3) is 0 Å². The third-order valence-electron chi connectivity index (χ3n) is 2.81. The first-order valence-corrected chi connectivity index (χ1v) is 5.49. The van der Waals surface area contributed by atoms with Gasteiger partial charge in [0.1, 0.15) is 0 Å². The minimum Gasteiger partial charge on any atom is -0.478 e. The van der Waals surface area contributed by atoms with Crippen molar-refractivity contribution < 1.29 is 24.5 Å². The topological polar surface area (TPSA) is 87.1 Å². The van der Waals surface area contributed by atoms with Gasteiger partial charge in [0.25, 0.3) is 0 Å². The van der Waals surface area contributed by atoms with Crippen molar-refractivity contribution in [1.82, 2.24) is 4.90 Å². The van der Waals surface area contributed by atoms with Gasteiger partial charge in [0.2, 0.25) is 0 Å². The highest BCUT2D eigenvalue weighted by molar-refractivity contribution is 5.98. The van der Waals surface area contributed by atoms with E-state index in [2.05, 4.69) is 4.90 Å². The van der Waals surface area contributed by atoms with E-state index in [-0.39, 0.29) is 17.6 Å². The van der Waals surface area contributed by atoms with E-state index in [9.17, 15) is 9.59 Å². The zero-order valence-corrected chi connectivity index (χ0v) is 9.81. The molecule has 1 rings (SSSR count). The van der Waals surface area contributed by atoms with E-state index in [1.54, 1.807) is 0 Å². The van der Waals surface area contributed by atoms with Gasteiger partial charge in [-0.3, -0.25) is 4.90 Å². The summed E-state index contributed by atoms with van der Waals surface area (Å²) < 4.78 is 5.18. The minimum absolute atomic E-state index is 0.0241. The molecule has 1 heterocycles. The molecule has 0 aliphatic carbocycles. The minimum atomic E-state index is -1.18. The lowest BCUT2D eigenvalue weighted by atomic mass is 10.1. The number of ether oxygens (including phenoxy) is 1. The molecule has 0 aromatic heterocycles. The molecular formula is C11H17NO5. The van der Waals surface area contributed by atoms with Crippen LogP contribution in [0.1, 0.15) is 13.3 Å². The molecule has 0 unspecified atom stereocenters. The van der Waals surface area contributed by atoms with E-state index in [0.29, 0.717) is 19.8 Å². The number of nitrogens with zero attached hydrogens (tertiary/aromatic N) is 1. The summed E-state index contributed by atoms with van der Waals surface area (Å²) in [5.74, 6) is -2.33. The summed E-state index contributed by atoms with van der Waals surface area (Å²) in [7, 11) is 0. The van der Waals surface area contributed by atoms with E-state index >= 15 is 0 Å². The van der Waals surface area contributed by atoms with Crippen LogP contribution in [0, 0.1) is 0 Å². The second-order valence-electron chi connectivity index (χ2n) is 3.92. The lowest BCUT2D eigenvalue weighted by Gasteiger charge is -2.26. The van der Waals surface area contributed by atoms with Crippen molar-refractivity contribution >= 4 is 11.9 Å². The van der Waals surface area contributed by atoms with Crippen LogP contribution in [0.15, 0.2) is 11.1 Å². The molecule has 0 atom stereocenters. The largest absolute Gasteiger partial charge is 0.478 e. The summed E-state index contributed by atoms with van der Waals surface area (Å²) in [6.07, 6.45) is 0.244. The number of carboxylic acids is 2. The molecule has 0 bridgehead atoms. The molecule has 0 spiro atoms. The molecule has 0 aromatic carbocycles. The average Bonchev–Trinajstić information content (AvgIpc) is 2.29. The molecule has 96 valence electrons. The number of hydrogen-bond donors (Lipinski definition) is 2. The van der Waals surface area contributed by atoms with Gasteiger partial charge >= 0.3 is 11.9 Å². The first kappa shape index (κ1) is 13.7. The fraction of sp³-hybridized carbons (Fsp3) is 0.636. The number of hydrogen-bond acceptors (Lipinski definition) is 4. The highest BCUT2D eigenvalue weighted by Crippen LogP contribution is 2.11. The van der Waals surface area contributed by atoms with Crippen molar-refractivity contribution in [1.29, 1.82) is 0 Å². The third-order valence-corrected chi connectivity index (χ3v) is 2.81. The van der Waals surface area contributed by atoms with E-state index < -0.39 is 11.9 Å². The van der Waals surface area contributed by atoms with Crippen molar-refractivity contribution in [3.05, 3.63) is 11.1 Å². The number of rotatable bonds is 5. The van der Waals surface area contributed by atoms with Crippen LogP contribution < -0.4 is 0 Å². The van der Waals surface area contributed by atoms with Crippen LogP contribution in [0.5, 0.6) is 0 Å². The van der Waals surface area contributed by atoms with Gasteiger partial charge in [-0.05, 0) is 13.3 Å². The van der Waals surface area contributed by atoms with Crippen LogP contribution in [0.2, 0.25) is 0 Å². The van der Waals surface area contributed by atoms with E-state index in [4.69, 9.17) is 14.9 Å². The molecule has 6 nitrogen and oxygen atoms in total. The molecule has 0 aromatic rings. The maximum atomic E-state index is 11.0. The summed E-state index contributed by atoms with van der Waals surface area (Å²) >= 11 is 0. The van der Waals surface area contributed by atoms with Crippen LogP contribution in [0.4, 0.5) is 0 Å². The Morgan fingerprint density at radius 2 is 1.76 bits per heavy atom. The highest BCUT2D eigenvalue weighted by atomic mass is 16.5. The molecule has 17 heavy (non-hydrogen) atoms. The van der Waals surface area contributed by atoms with Crippen molar-refractivity contribution in [3.8, 4) is 0 Å². The predicted molar refractivity (Wildman–Crippen MR) is 59.8 cm³/mol. The van der Waals surface area contributed by atoms with Crippen molar-refractivity contribution in [2.75, 3.05) is 32.8 Å². The SMILES string of the molecule is CC(C(=O)O)=C(CCN1CCOCC1)C(=O)O. The Kier molecular flexibility index (Phi) is 5.11. The fourth-order valence-corrected chi connectivity index (χ4v) is 1.68. The van der Waals surface area contributed by atoms with Gasteiger partial charge in [-0.1, -0.05) is 0 Å². The summed E-state index contributed by atoms with van der Waals surface area (Å²) in [4.78, 5) is 23.8. The van der Waals surface area contributed by atoms with Gasteiger partial charge in [0.05, 0.1) is 13.2 Å². The quantitative estimate of drug-likeness (QED) is 0.670. The molecule has 6 heteroatoms. The molecule has 2 N–H and O–H groups in total. The molecule has 1 saturated heterocycles.